The van der Waals surface area contributed by atoms with Crippen molar-refractivity contribution in [3.8, 4) is 0 Å². The highest BCUT2D eigenvalue weighted by molar-refractivity contribution is 5.95. The molecule has 2 fully saturated rings. The maximum Gasteiger partial charge on any atom is 0.246 e. The highest BCUT2D eigenvalue weighted by Gasteiger charge is 2.51. The molecule has 36 heavy (non-hydrogen) atoms. The maximum atomic E-state index is 14.0. The lowest BCUT2D eigenvalue weighted by Crippen LogP contribution is -2.65. The summed E-state index contributed by atoms with van der Waals surface area (Å²) in [5, 5.41) is 9.75. The summed E-state index contributed by atoms with van der Waals surface area (Å²) in [6, 6.07) is 5.37. The first-order valence-corrected chi connectivity index (χ1v) is 13.3. The molecule has 9 heteroatoms. The van der Waals surface area contributed by atoms with Crippen LogP contribution in [0.4, 0.5) is 5.82 Å². The van der Waals surface area contributed by atoms with Gasteiger partial charge in [-0.1, -0.05) is 44.2 Å². The molecule has 2 aromatic heterocycles. The quantitative estimate of drug-likeness (QED) is 0.516. The Labute approximate surface area is 212 Å². The first-order chi connectivity index (χ1) is 17.4. The molecule has 3 amide bonds. The van der Waals surface area contributed by atoms with E-state index in [1.165, 1.54) is 6.42 Å². The van der Waals surface area contributed by atoms with E-state index < -0.39 is 5.54 Å². The molecule has 2 aliphatic rings. The molecule has 9 nitrogen and oxygen atoms in total. The average molecular weight is 499 g/mol. The number of carbonyl (C=O) groups excluding carboxylic acids is 3. The van der Waals surface area contributed by atoms with Crippen LogP contribution in [0, 0.1) is 12.8 Å². The second-order valence-corrected chi connectivity index (χ2v) is 10.3. The van der Waals surface area contributed by atoms with E-state index in [0.717, 1.165) is 44.9 Å². The number of amides is 3. The van der Waals surface area contributed by atoms with Gasteiger partial charge in [-0.05, 0) is 50.7 Å². The minimum atomic E-state index is -0.973. The average Bonchev–Trinajstić information content (AvgIpc) is 3.54. The van der Waals surface area contributed by atoms with Gasteiger partial charge in [0, 0.05) is 24.9 Å². The van der Waals surface area contributed by atoms with E-state index in [2.05, 4.69) is 22.7 Å². The molecule has 0 aromatic carbocycles. The Morgan fingerprint density at radius 1 is 1.11 bits per heavy atom. The molecule has 0 bridgehead atoms. The Balaban J connectivity index is 1.54. The van der Waals surface area contributed by atoms with Gasteiger partial charge in [-0.15, -0.1) is 0 Å². The molecule has 0 spiro atoms. The van der Waals surface area contributed by atoms with Gasteiger partial charge < -0.3 is 24.5 Å². The van der Waals surface area contributed by atoms with Crippen molar-refractivity contribution in [2.75, 3.05) is 5.32 Å². The van der Waals surface area contributed by atoms with Crippen LogP contribution in [0.25, 0.3) is 0 Å². The van der Waals surface area contributed by atoms with Crippen LogP contribution in [0.5, 0.6) is 0 Å². The van der Waals surface area contributed by atoms with Crippen LogP contribution in [0.2, 0.25) is 0 Å². The fourth-order valence-corrected chi connectivity index (χ4v) is 5.74. The summed E-state index contributed by atoms with van der Waals surface area (Å²) < 4.78 is 10.6. The topological polar surface area (TPSA) is 118 Å². The Bertz CT molecular complexity index is 1030. The Hall–Kier alpha value is -3.10. The van der Waals surface area contributed by atoms with Gasteiger partial charge in [0.2, 0.25) is 17.7 Å². The molecule has 0 aliphatic heterocycles. The number of hydrogen-bond donors (Lipinski definition) is 2. The van der Waals surface area contributed by atoms with E-state index in [4.69, 9.17) is 8.94 Å². The van der Waals surface area contributed by atoms with E-state index in [-0.39, 0.29) is 49.1 Å². The Morgan fingerprint density at radius 3 is 2.56 bits per heavy atom. The zero-order valence-electron chi connectivity index (χ0n) is 21.4. The van der Waals surface area contributed by atoms with Gasteiger partial charge in [-0.3, -0.25) is 14.4 Å². The number of aryl methyl sites for hydroxylation is 1. The standard InChI is InChI=1S/C27H38N4O5/c1-19-9-6-7-15-27(19,26(34)28-21-10-4-3-5-11-21)31(18-22-12-8-16-35-22)25(33)14-13-24(32)29-23-17-20(2)36-30-23/h8,12,16-17,19,21H,3-7,9-11,13-15,18H2,1-2H3,(H,28,34)(H,29,30,32)/t19-,27+/m0/s1. The molecule has 2 heterocycles. The predicted molar refractivity (Wildman–Crippen MR) is 134 cm³/mol. The maximum absolute atomic E-state index is 14.0. The van der Waals surface area contributed by atoms with Gasteiger partial charge in [0.1, 0.15) is 17.1 Å². The summed E-state index contributed by atoms with van der Waals surface area (Å²) in [6.45, 7) is 4.00. The molecular weight excluding hydrogens is 460 g/mol. The fraction of sp³-hybridized carbons (Fsp3) is 0.630. The molecular formula is C27H38N4O5. The third-order valence-electron chi connectivity index (χ3n) is 7.73. The number of aromatic nitrogens is 1. The normalized spacial score (nSPS) is 22.7. The van der Waals surface area contributed by atoms with Crippen molar-refractivity contribution in [3.63, 3.8) is 0 Å². The monoisotopic (exact) mass is 498 g/mol. The number of nitrogens with zero attached hydrogens (tertiary/aromatic N) is 2. The summed E-state index contributed by atoms with van der Waals surface area (Å²) in [6.07, 6.45) is 10.3. The van der Waals surface area contributed by atoms with Gasteiger partial charge >= 0.3 is 0 Å². The van der Waals surface area contributed by atoms with Gasteiger partial charge in [0.15, 0.2) is 5.82 Å². The van der Waals surface area contributed by atoms with Crippen molar-refractivity contribution in [2.24, 2.45) is 5.92 Å². The summed E-state index contributed by atoms with van der Waals surface area (Å²) >= 11 is 0. The Morgan fingerprint density at radius 2 is 1.89 bits per heavy atom. The van der Waals surface area contributed by atoms with E-state index in [1.54, 1.807) is 30.2 Å². The van der Waals surface area contributed by atoms with Crippen LogP contribution in [-0.2, 0) is 20.9 Å². The highest BCUT2D eigenvalue weighted by Crippen LogP contribution is 2.40. The van der Waals surface area contributed by atoms with Crippen molar-refractivity contribution in [1.82, 2.24) is 15.4 Å². The minimum Gasteiger partial charge on any atom is -0.467 e. The molecule has 4 rings (SSSR count). The molecule has 0 saturated heterocycles. The molecule has 0 radical (unpaired) electrons. The zero-order valence-corrected chi connectivity index (χ0v) is 21.4. The van der Waals surface area contributed by atoms with Crippen LogP contribution in [0.1, 0.15) is 89.1 Å². The van der Waals surface area contributed by atoms with Crippen LogP contribution in [0.3, 0.4) is 0 Å². The van der Waals surface area contributed by atoms with Crippen molar-refractivity contribution in [1.29, 1.82) is 0 Å². The second kappa shape index (κ2) is 11.8. The first kappa shape index (κ1) is 26.0. The number of hydrogen-bond acceptors (Lipinski definition) is 6. The smallest absolute Gasteiger partial charge is 0.246 e. The van der Waals surface area contributed by atoms with Gasteiger partial charge in [0.25, 0.3) is 0 Å². The molecule has 2 N–H and O–H groups in total. The van der Waals surface area contributed by atoms with Crippen LogP contribution >= 0.6 is 0 Å². The van der Waals surface area contributed by atoms with E-state index in [1.807, 2.05) is 6.07 Å². The molecule has 196 valence electrons. The van der Waals surface area contributed by atoms with Gasteiger partial charge in [-0.25, -0.2) is 0 Å². The number of furan rings is 1. The lowest BCUT2D eigenvalue weighted by molar-refractivity contribution is -0.156. The lowest BCUT2D eigenvalue weighted by Gasteiger charge is -2.49. The predicted octanol–water partition coefficient (Wildman–Crippen LogP) is 4.72. The largest absolute Gasteiger partial charge is 0.467 e. The fourth-order valence-electron chi connectivity index (χ4n) is 5.74. The summed E-state index contributed by atoms with van der Waals surface area (Å²) in [5.74, 6) is 0.889. The van der Waals surface area contributed by atoms with E-state index in [0.29, 0.717) is 23.8 Å². The minimum absolute atomic E-state index is 0.0133. The van der Waals surface area contributed by atoms with Crippen LogP contribution < -0.4 is 10.6 Å². The molecule has 2 saturated carbocycles. The van der Waals surface area contributed by atoms with Crippen LogP contribution in [-0.4, -0.2) is 39.4 Å². The van der Waals surface area contributed by atoms with Crippen molar-refractivity contribution < 1.29 is 23.3 Å². The Kier molecular flexibility index (Phi) is 8.48. The lowest BCUT2D eigenvalue weighted by atomic mass is 9.71. The summed E-state index contributed by atoms with van der Waals surface area (Å²) in [5.41, 5.74) is -0.973. The molecule has 2 aliphatic carbocycles. The van der Waals surface area contributed by atoms with E-state index in [9.17, 15) is 14.4 Å². The van der Waals surface area contributed by atoms with Gasteiger partial charge in [-0.2, -0.15) is 0 Å². The first-order valence-electron chi connectivity index (χ1n) is 13.3. The number of anilines is 1. The molecule has 2 atom stereocenters. The summed E-state index contributed by atoms with van der Waals surface area (Å²) in [4.78, 5) is 42.0. The second-order valence-electron chi connectivity index (χ2n) is 10.3. The van der Waals surface area contributed by atoms with Crippen molar-refractivity contribution >= 4 is 23.5 Å². The SMILES string of the molecule is Cc1cc(NC(=O)CCC(=O)N(Cc2ccco2)[C@]2(C(=O)NC3CCCCC3)CCCC[C@@H]2C)no1. The highest BCUT2D eigenvalue weighted by atomic mass is 16.5. The third kappa shape index (κ3) is 5.99. The summed E-state index contributed by atoms with van der Waals surface area (Å²) in [7, 11) is 0. The molecule has 0 unspecified atom stereocenters. The van der Waals surface area contributed by atoms with Gasteiger partial charge in [0.05, 0.1) is 12.8 Å². The van der Waals surface area contributed by atoms with E-state index >= 15 is 0 Å². The third-order valence-corrected chi connectivity index (χ3v) is 7.73. The number of nitrogens with one attached hydrogen (secondary N) is 2. The zero-order chi connectivity index (χ0) is 25.5. The van der Waals surface area contributed by atoms with Crippen LogP contribution in [0.15, 0.2) is 33.4 Å². The number of carbonyl (C=O) groups is 3. The van der Waals surface area contributed by atoms with Crippen molar-refractivity contribution in [3.05, 3.63) is 36.0 Å². The van der Waals surface area contributed by atoms with Crippen molar-refractivity contribution in [2.45, 2.75) is 103 Å². The molecule has 2 aromatic rings. The number of rotatable bonds is 9.